The number of thiophene rings is 1. The Bertz CT molecular complexity index is 600. The Balaban J connectivity index is 2.06. The van der Waals surface area contributed by atoms with Gasteiger partial charge in [-0.1, -0.05) is 0 Å². The molecule has 0 aliphatic rings. The zero-order valence-corrected chi connectivity index (χ0v) is 12.6. The highest BCUT2D eigenvalue weighted by Crippen LogP contribution is 2.24. The van der Waals surface area contributed by atoms with Crippen LogP contribution in [0.2, 0.25) is 0 Å². The third kappa shape index (κ3) is 4.04. The predicted molar refractivity (Wildman–Crippen MR) is 80.0 cm³/mol. The van der Waals surface area contributed by atoms with Gasteiger partial charge < -0.3 is 10.6 Å². The molecular formula is C13H12BrFN2OS. The minimum Gasteiger partial charge on any atom is -0.380 e. The SMILES string of the molecule is CC(=O)Nc1cc(NCc2ccc(Br)s2)ccc1F. The van der Waals surface area contributed by atoms with E-state index in [1.807, 2.05) is 12.1 Å². The van der Waals surface area contributed by atoms with Crippen molar-refractivity contribution in [2.75, 3.05) is 10.6 Å². The van der Waals surface area contributed by atoms with E-state index in [4.69, 9.17) is 0 Å². The van der Waals surface area contributed by atoms with Crippen LogP contribution in [-0.2, 0) is 11.3 Å². The van der Waals surface area contributed by atoms with Gasteiger partial charge in [0.05, 0.1) is 9.47 Å². The Kier molecular flexibility index (Phi) is 4.55. The zero-order chi connectivity index (χ0) is 13.8. The van der Waals surface area contributed by atoms with Crippen LogP contribution in [0.1, 0.15) is 11.8 Å². The lowest BCUT2D eigenvalue weighted by Crippen LogP contribution is -2.08. The molecule has 2 N–H and O–H groups in total. The van der Waals surface area contributed by atoms with Crippen molar-refractivity contribution in [3.63, 3.8) is 0 Å². The summed E-state index contributed by atoms with van der Waals surface area (Å²) in [5, 5.41) is 5.64. The predicted octanol–water partition coefficient (Wildman–Crippen LogP) is 4.22. The Morgan fingerprint density at radius 2 is 2.16 bits per heavy atom. The van der Waals surface area contributed by atoms with Crippen molar-refractivity contribution in [2.24, 2.45) is 0 Å². The van der Waals surface area contributed by atoms with Gasteiger partial charge in [-0.3, -0.25) is 4.79 Å². The van der Waals surface area contributed by atoms with Gasteiger partial charge >= 0.3 is 0 Å². The Hall–Kier alpha value is -1.40. The number of nitrogens with one attached hydrogen (secondary N) is 2. The molecule has 0 saturated carbocycles. The lowest BCUT2D eigenvalue weighted by Gasteiger charge is -2.09. The maximum absolute atomic E-state index is 13.4. The molecule has 6 heteroatoms. The molecule has 100 valence electrons. The number of carbonyl (C=O) groups is 1. The van der Waals surface area contributed by atoms with Crippen LogP contribution in [0.5, 0.6) is 0 Å². The van der Waals surface area contributed by atoms with E-state index in [1.54, 1.807) is 23.5 Å². The number of rotatable bonds is 4. The number of hydrogen-bond acceptors (Lipinski definition) is 3. The smallest absolute Gasteiger partial charge is 0.221 e. The molecule has 1 aromatic carbocycles. The van der Waals surface area contributed by atoms with Crippen molar-refractivity contribution in [1.29, 1.82) is 0 Å². The second-order valence-electron chi connectivity index (χ2n) is 3.94. The Morgan fingerprint density at radius 1 is 1.37 bits per heavy atom. The lowest BCUT2D eigenvalue weighted by atomic mass is 10.2. The van der Waals surface area contributed by atoms with Crippen molar-refractivity contribution >= 4 is 44.5 Å². The molecule has 19 heavy (non-hydrogen) atoms. The van der Waals surface area contributed by atoms with Crippen LogP contribution in [0.3, 0.4) is 0 Å². The molecule has 0 aliphatic heterocycles. The summed E-state index contributed by atoms with van der Waals surface area (Å²) in [7, 11) is 0. The monoisotopic (exact) mass is 342 g/mol. The number of carbonyl (C=O) groups excluding carboxylic acids is 1. The summed E-state index contributed by atoms with van der Waals surface area (Å²) in [5.74, 6) is -0.738. The van der Waals surface area contributed by atoms with Crippen LogP contribution in [0.25, 0.3) is 0 Å². The molecule has 0 fully saturated rings. The van der Waals surface area contributed by atoms with E-state index in [-0.39, 0.29) is 11.6 Å². The number of halogens is 2. The van der Waals surface area contributed by atoms with Gasteiger partial charge in [0.2, 0.25) is 5.91 Å². The second kappa shape index (κ2) is 6.16. The van der Waals surface area contributed by atoms with Crippen molar-refractivity contribution in [2.45, 2.75) is 13.5 Å². The molecule has 0 bridgehead atoms. The van der Waals surface area contributed by atoms with Gasteiger partial charge in [0, 0.05) is 24.0 Å². The quantitative estimate of drug-likeness (QED) is 0.873. The van der Waals surface area contributed by atoms with Crippen LogP contribution >= 0.6 is 27.3 Å². The zero-order valence-electron chi connectivity index (χ0n) is 10.2. The summed E-state index contributed by atoms with van der Waals surface area (Å²) >= 11 is 5.04. The molecule has 1 heterocycles. The molecule has 0 radical (unpaired) electrons. The first-order valence-electron chi connectivity index (χ1n) is 5.60. The summed E-state index contributed by atoms with van der Waals surface area (Å²) in [6, 6.07) is 8.55. The number of hydrogen-bond donors (Lipinski definition) is 2. The van der Waals surface area contributed by atoms with Crippen LogP contribution in [0.15, 0.2) is 34.1 Å². The third-order valence-corrected chi connectivity index (χ3v) is 4.00. The largest absolute Gasteiger partial charge is 0.380 e. The van der Waals surface area contributed by atoms with E-state index >= 15 is 0 Å². The van der Waals surface area contributed by atoms with Crippen LogP contribution in [0.4, 0.5) is 15.8 Å². The van der Waals surface area contributed by atoms with Gasteiger partial charge in [-0.2, -0.15) is 0 Å². The molecule has 0 atom stereocenters. The van der Waals surface area contributed by atoms with Gasteiger partial charge in [-0.05, 0) is 46.3 Å². The summed E-state index contributed by atoms with van der Waals surface area (Å²) in [4.78, 5) is 12.1. The van der Waals surface area contributed by atoms with E-state index in [1.165, 1.54) is 13.0 Å². The highest BCUT2D eigenvalue weighted by molar-refractivity contribution is 9.11. The first kappa shape index (κ1) is 14.0. The molecule has 3 nitrogen and oxygen atoms in total. The molecule has 2 aromatic rings. The molecule has 0 unspecified atom stereocenters. The standard InChI is InChI=1S/C13H12BrFN2OS/c1-8(18)17-12-6-9(2-4-11(12)15)16-7-10-3-5-13(14)19-10/h2-6,16H,7H2,1H3,(H,17,18). The van der Waals surface area contributed by atoms with E-state index in [0.29, 0.717) is 6.54 Å². The summed E-state index contributed by atoms with van der Waals surface area (Å²) in [6.07, 6.45) is 0. The van der Waals surface area contributed by atoms with Crippen LogP contribution in [0, 0.1) is 5.82 Å². The molecular weight excluding hydrogens is 331 g/mol. The first-order chi connectivity index (χ1) is 9.04. The van der Waals surface area contributed by atoms with Gasteiger partial charge in [-0.25, -0.2) is 4.39 Å². The first-order valence-corrected chi connectivity index (χ1v) is 7.21. The molecule has 1 amide bonds. The Labute approximate surface area is 123 Å². The highest BCUT2D eigenvalue weighted by atomic mass is 79.9. The molecule has 2 rings (SSSR count). The Morgan fingerprint density at radius 3 is 2.79 bits per heavy atom. The average molecular weight is 343 g/mol. The fourth-order valence-electron chi connectivity index (χ4n) is 1.56. The van der Waals surface area contributed by atoms with Crippen molar-refractivity contribution < 1.29 is 9.18 Å². The van der Waals surface area contributed by atoms with Gasteiger partial charge in [0.1, 0.15) is 5.82 Å². The second-order valence-corrected chi connectivity index (χ2v) is 6.48. The topological polar surface area (TPSA) is 41.1 Å². The maximum atomic E-state index is 13.4. The summed E-state index contributed by atoms with van der Waals surface area (Å²) in [5.41, 5.74) is 0.944. The maximum Gasteiger partial charge on any atom is 0.221 e. The fraction of sp³-hybridized carbons (Fsp3) is 0.154. The molecule has 1 aromatic heterocycles. The van der Waals surface area contributed by atoms with Crippen LogP contribution in [-0.4, -0.2) is 5.91 Å². The van der Waals surface area contributed by atoms with Crippen molar-refractivity contribution in [1.82, 2.24) is 0 Å². The third-order valence-electron chi connectivity index (χ3n) is 2.37. The van der Waals surface area contributed by atoms with E-state index in [0.717, 1.165) is 14.4 Å². The minimum absolute atomic E-state index is 0.185. The molecule has 0 saturated heterocycles. The van der Waals surface area contributed by atoms with E-state index < -0.39 is 5.82 Å². The van der Waals surface area contributed by atoms with Crippen molar-refractivity contribution in [3.05, 3.63) is 44.8 Å². The normalized spacial score (nSPS) is 10.3. The number of anilines is 2. The van der Waals surface area contributed by atoms with Gasteiger partial charge in [0.25, 0.3) is 0 Å². The minimum atomic E-state index is -0.445. The summed E-state index contributed by atoms with van der Waals surface area (Å²) in [6.45, 7) is 2.00. The molecule has 0 aliphatic carbocycles. The average Bonchev–Trinajstić information content (AvgIpc) is 2.75. The van der Waals surface area contributed by atoms with Gasteiger partial charge in [-0.15, -0.1) is 11.3 Å². The van der Waals surface area contributed by atoms with Gasteiger partial charge in [0.15, 0.2) is 0 Å². The molecule has 0 spiro atoms. The van der Waals surface area contributed by atoms with E-state index in [2.05, 4.69) is 26.6 Å². The number of benzene rings is 1. The highest BCUT2D eigenvalue weighted by Gasteiger charge is 2.05. The number of amides is 1. The fourth-order valence-corrected chi connectivity index (χ4v) is 2.98. The van der Waals surface area contributed by atoms with Crippen molar-refractivity contribution in [3.8, 4) is 0 Å². The van der Waals surface area contributed by atoms with E-state index in [9.17, 15) is 9.18 Å². The van der Waals surface area contributed by atoms with Crippen LogP contribution < -0.4 is 10.6 Å². The lowest BCUT2D eigenvalue weighted by molar-refractivity contribution is -0.114. The summed E-state index contributed by atoms with van der Waals surface area (Å²) < 4.78 is 14.5.